The van der Waals surface area contributed by atoms with E-state index >= 15 is 0 Å². The molecule has 1 fully saturated rings. The van der Waals surface area contributed by atoms with Gasteiger partial charge in [0.05, 0.1) is 30.0 Å². The van der Waals surface area contributed by atoms with Gasteiger partial charge in [-0.2, -0.15) is 13.2 Å². The highest BCUT2D eigenvalue weighted by atomic mass is 19.4. The molecule has 12 heteroatoms. The smallest absolute Gasteiger partial charge is 0.430 e. The Hall–Kier alpha value is -3.15. The summed E-state index contributed by atoms with van der Waals surface area (Å²) in [5.74, 6) is -4.36. The van der Waals surface area contributed by atoms with E-state index in [0.29, 0.717) is 17.9 Å². The summed E-state index contributed by atoms with van der Waals surface area (Å²) in [6.45, 7) is 2.23. The van der Waals surface area contributed by atoms with Gasteiger partial charge >= 0.3 is 12.1 Å². The number of quaternary nitrogens is 1. The van der Waals surface area contributed by atoms with Gasteiger partial charge < -0.3 is 24.8 Å². The number of anilines is 2. The Balaban J connectivity index is 0.000000423. The molecular weight excluding hydrogens is 423 g/mol. The quantitative estimate of drug-likeness (QED) is 0.620. The number of hydrogen-bond acceptors (Lipinski definition) is 5. The van der Waals surface area contributed by atoms with Crippen molar-refractivity contribution in [3.8, 4) is 0 Å². The fraction of sp³-hybridized carbons (Fsp3) is 0.474. The number of amides is 2. The van der Waals surface area contributed by atoms with Crippen LogP contribution in [0.25, 0.3) is 0 Å². The maximum Gasteiger partial charge on any atom is 0.430 e. The highest BCUT2D eigenvalue weighted by molar-refractivity contribution is 6.11. The van der Waals surface area contributed by atoms with Crippen LogP contribution in [-0.2, 0) is 14.4 Å². The number of carboxylic acid groups (broad SMARTS) is 2. The first-order valence-corrected chi connectivity index (χ1v) is 9.47. The predicted molar refractivity (Wildman–Crippen MR) is 99.6 cm³/mol. The van der Waals surface area contributed by atoms with Crippen molar-refractivity contribution in [2.24, 2.45) is 0 Å². The summed E-state index contributed by atoms with van der Waals surface area (Å²) in [5.41, 5.74) is 1.18. The highest BCUT2D eigenvalue weighted by Crippen LogP contribution is 2.33. The minimum Gasteiger partial charge on any atom is -0.542 e. The van der Waals surface area contributed by atoms with Gasteiger partial charge in [-0.25, -0.2) is 4.79 Å². The maximum atomic E-state index is 12.7. The van der Waals surface area contributed by atoms with Crippen LogP contribution in [0, 0.1) is 0 Å². The monoisotopic (exact) mass is 445 g/mol. The van der Waals surface area contributed by atoms with Gasteiger partial charge in [0.1, 0.15) is 12.5 Å². The molecule has 0 atom stereocenters. The van der Waals surface area contributed by atoms with Gasteiger partial charge in [0.15, 0.2) is 6.54 Å². The van der Waals surface area contributed by atoms with Crippen molar-refractivity contribution in [2.75, 3.05) is 43.0 Å². The van der Waals surface area contributed by atoms with Crippen molar-refractivity contribution in [1.29, 1.82) is 0 Å². The number of piperidine rings is 1. The summed E-state index contributed by atoms with van der Waals surface area (Å²) >= 11 is 0. The van der Waals surface area contributed by atoms with E-state index in [1.807, 2.05) is 0 Å². The van der Waals surface area contributed by atoms with Gasteiger partial charge in [0.25, 0.3) is 5.91 Å². The molecule has 2 heterocycles. The number of benzene rings is 1. The van der Waals surface area contributed by atoms with Gasteiger partial charge in [0.2, 0.25) is 5.91 Å². The van der Waals surface area contributed by atoms with Crippen molar-refractivity contribution in [3.63, 3.8) is 0 Å². The third kappa shape index (κ3) is 6.17. The molecule has 3 rings (SSSR count). The Morgan fingerprint density at radius 2 is 1.71 bits per heavy atom. The molecule has 9 nitrogen and oxygen atoms in total. The number of carbonyl (C=O) groups excluding carboxylic acids is 3. The molecule has 0 bridgehead atoms. The number of carbonyl (C=O) groups is 4. The number of hydrogen-bond donors (Lipinski definition) is 2. The van der Waals surface area contributed by atoms with Gasteiger partial charge in [-0.05, 0) is 37.5 Å². The van der Waals surface area contributed by atoms with E-state index in [9.17, 15) is 32.7 Å². The summed E-state index contributed by atoms with van der Waals surface area (Å²) in [4.78, 5) is 49.1. The molecule has 0 aromatic heterocycles. The molecule has 0 unspecified atom stereocenters. The van der Waals surface area contributed by atoms with Gasteiger partial charge in [-0.15, -0.1) is 0 Å². The minimum atomic E-state index is -5.19. The normalized spacial score (nSPS) is 16.8. The van der Waals surface area contributed by atoms with Crippen LogP contribution in [0.2, 0.25) is 0 Å². The number of halogens is 3. The molecule has 1 aromatic carbocycles. The minimum absolute atomic E-state index is 0.0430. The maximum absolute atomic E-state index is 12.7. The Labute approximate surface area is 175 Å². The molecule has 0 radical (unpaired) electrons. The zero-order valence-electron chi connectivity index (χ0n) is 16.7. The molecule has 31 heavy (non-hydrogen) atoms. The number of carboxylic acids is 2. The van der Waals surface area contributed by atoms with Gasteiger partial charge in [-0.3, -0.25) is 14.5 Å². The summed E-state index contributed by atoms with van der Waals surface area (Å²) in [6, 6.07) is 4.52. The number of aliphatic carboxylic acids is 1. The molecule has 0 aliphatic carbocycles. The Morgan fingerprint density at radius 1 is 1.13 bits per heavy atom. The zero-order valence-corrected chi connectivity index (χ0v) is 16.7. The van der Waals surface area contributed by atoms with Gasteiger partial charge in [0, 0.05) is 7.05 Å². The van der Waals surface area contributed by atoms with Crippen molar-refractivity contribution in [2.45, 2.75) is 25.4 Å². The molecule has 2 aliphatic heterocycles. The second-order valence-electron chi connectivity index (χ2n) is 7.21. The highest BCUT2D eigenvalue weighted by Gasteiger charge is 2.33. The van der Waals surface area contributed by atoms with Crippen molar-refractivity contribution >= 4 is 35.1 Å². The lowest BCUT2D eigenvalue weighted by molar-refractivity contribution is -0.896. The van der Waals surface area contributed by atoms with Crippen molar-refractivity contribution in [3.05, 3.63) is 23.8 Å². The standard InChI is InChI=1S/C17H21N3O4.C2HF3O2/c1-18-13-6-5-12(17(23)24)9-14(13)20(11-15(18)21)16(22)10-19-7-3-2-4-8-19;3-2(4,5)1(6)7/h5-6,9H,2-4,7-8,10-11H2,1H3,(H,23,24);(H,6,7). The fourth-order valence-corrected chi connectivity index (χ4v) is 3.38. The number of rotatable bonds is 3. The van der Waals surface area contributed by atoms with E-state index in [1.54, 1.807) is 13.1 Å². The number of nitrogens with zero attached hydrogens (tertiary/aromatic N) is 2. The number of likely N-dealkylation sites (N-methyl/N-ethyl adjacent to an activating group) is 1. The molecule has 1 aromatic rings. The van der Waals surface area contributed by atoms with Crippen LogP contribution >= 0.6 is 0 Å². The average molecular weight is 445 g/mol. The third-order valence-electron chi connectivity index (χ3n) is 5.04. The molecule has 2 amide bonds. The molecule has 0 spiro atoms. The second-order valence-corrected chi connectivity index (χ2v) is 7.21. The second kappa shape index (κ2) is 9.77. The Kier molecular flexibility index (Phi) is 7.60. The molecule has 170 valence electrons. The van der Waals surface area contributed by atoms with Gasteiger partial charge in [-0.1, -0.05) is 0 Å². The lowest BCUT2D eigenvalue weighted by atomic mass is 10.1. The van der Waals surface area contributed by atoms with Crippen molar-refractivity contribution < 1.29 is 47.5 Å². The summed E-state index contributed by atoms with van der Waals surface area (Å²) < 4.78 is 31.5. The molecule has 2 aliphatic rings. The summed E-state index contributed by atoms with van der Waals surface area (Å²) in [5, 5.41) is 18.0. The van der Waals surface area contributed by atoms with E-state index in [2.05, 4.69) is 0 Å². The average Bonchev–Trinajstić information content (AvgIpc) is 2.70. The first kappa shape index (κ1) is 24.1. The topological polar surface area (TPSA) is 122 Å². The van der Waals surface area contributed by atoms with Crippen LogP contribution in [0.3, 0.4) is 0 Å². The lowest BCUT2D eigenvalue weighted by Gasteiger charge is -2.35. The zero-order chi connectivity index (χ0) is 23.3. The Bertz CT molecular complexity index is 868. The van der Waals surface area contributed by atoms with Crippen LogP contribution in [0.4, 0.5) is 24.5 Å². The van der Waals surface area contributed by atoms with Crippen LogP contribution in [0.15, 0.2) is 18.2 Å². The number of nitrogens with one attached hydrogen (secondary N) is 1. The van der Waals surface area contributed by atoms with E-state index in [4.69, 9.17) is 9.90 Å². The van der Waals surface area contributed by atoms with E-state index in [1.165, 1.54) is 33.3 Å². The molecule has 1 saturated heterocycles. The fourth-order valence-electron chi connectivity index (χ4n) is 3.38. The van der Waals surface area contributed by atoms with Crippen LogP contribution < -0.4 is 19.8 Å². The molecule has 2 N–H and O–H groups in total. The van der Waals surface area contributed by atoms with Crippen LogP contribution in [0.1, 0.15) is 29.6 Å². The summed E-state index contributed by atoms with van der Waals surface area (Å²) in [7, 11) is 1.64. The number of alkyl halides is 3. The number of aromatic carboxylic acids is 1. The Morgan fingerprint density at radius 3 is 2.23 bits per heavy atom. The largest absolute Gasteiger partial charge is 0.542 e. The lowest BCUT2D eigenvalue weighted by Crippen LogP contribution is -3.14. The first-order valence-electron chi connectivity index (χ1n) is 9.47. The number of likely N-dealkylation sites (tertiary alicyclic amines) is 1. The van der Waals surface area contributed by atoms with Crippen LogP contribution in [-0.4, -0.2) is 68.3 Å². The number of fused-ring (bicyclic) bond motifs is 1. The molecule has 0 saturated carbocycles. The van der Waals surface area contributed by atoms with E-state index in [0.717, 1.165) is 25.9 Å². The van der Waals surface area contributed by atoms with E-state index < -0.39 is 18.1 Å². The summed E-state index contributed by atoms with van der Waals surface area (Å²) in [6.07, 6.45) is -1.76. The first-order chi connectivity index (χ1) is 14.4. The van der Waals surface area contributed by atoms with E-state index in [-0.39, 0.29) is 23.9 Å². The predicted octanol–water partition coefficient (Wildman–Crippen LogP) is -0.938. The molecular formula is C19H22F3N3O6. The van der Waals surface area contributed by atoms with Crippen LogP contribution in [0.5, 0.6) is 0 Å². The van der Waals surface area contributed by atoms with Crippen molar-refractivity contribution in [1.82, 2.24) is 0 Å². The third-order valence-corrected chi connectivity index (χ3v) is 5.04. The SMILES string of the molecule is CN1C(=O)CN(C(=O)C[NH+]2CCCCC2)c2cc(C(=O)O)ccc21.O=C([O-])C(F)(F)F.